The highest BCUT2D eigenvalue weighted by atomic mass is 127. The van der Waals surface area contributed by atoms with Gasteiger partial charge in [0.15, 0.2) is 0 Å². The molecule has 1 aromatic carbocycles. The van der Waals surface area contributed by atoms with Gasteiger partial charge in [-0.1, -0.05) is 11.6 Å². The first kappa shape index (κ1) is 8.63. The van der Waals surface area contributed by atoms with Crippen molar-refractivity contribution in [2.75, 3.05) is 0 Å². The van der Waals surface area contributed by atoms with E-state index < -0.39 is 0 Å². The van der Waals surface area contributed by atoms with Crippen LogP contribution in [0.5, 0.6) is 5.75 Å². The van der Waals surface area contributed by atoms with E-state index in [0.29, 0.717) is 11.7 Å². The van der Waals surface area contributed by atoms with Crippen molar-refractivity contribution in [2.45, 2.75) is 18.8 Å². The van der Waals surface area contributed by atoms with Gasteiger partial charge in [0.1, 0.15) is 5.75 Å². The topological polar surface area (TPSA) is 20.2 Å². The van der Waals surface area contributed by atoms with E-state index >= 15 is 0 Å². The molecule has 0 aliphatic heterocycles. The molecule has 2 rings (SSSR count). The third-order valence-corrected chi connectivity index (χ3v) is 3.61. The number of phenols is 1. The van der Waals surface area contributed by atoms with E-state index in [2.05, 4.69) is 22.6 Å². The van der Waals surface area contributed by atoms with Crippen molar-refractivity contribution in [3.05, 3.63) is 26.3 Å². The molecule has 0 atom stereocenters. The van der Waals surface area contributed by atoms with Gasteiger partial charge in [0.05, 0.1) is 5.02 Å². The molecule has 1 aliphatic rings. The minimum Gasteiger partial charge on any atom is -0.508 e. The Morgan fingerprint density at radius 3 is 2.67 bits per heavy atom. The Bertz CT molecular complexity index is 321. The van der Waals surface area contributed by atoms with Crippen molar-refractivity contribution in [2.24, 2.45) is 0 Å². The molecule has 0 unspecified atom stereocenters. The van der Waals surface area contributed by atoms with Gasteiger partial charge < -0.3 is 5.11 Å². The number of benzene rings is 1. The highest BCUT2D eigenvalue weighted by molar-refractivity contribution is 14.1. The lowest BCUT2D eigenvalue weighted by atomic mass is 10.1. The molecule has 1 aromatic rings. The van der Waals surface area contributed by atoms with Crippen molar-refractivity contribution in [3.63, 3.8) is 0 Å². The van der Waals surface area contributed by atoms with Gasteiger partial charge >= 0.3 is 0 Å². The van der Waals surface area contributed by atoms with Gasteiger partial charge in [-0.25, -0.2) is 0 Å². The van der Waals surface area contributed by atoms with E-state index in [9.17, 15) is 5.11 Å². The fourth-order valence-corrected chi connectivity index (χ4v) is 1.90. The van der Waals surface area contributed by atoms with E-state index in [0.717, 1.165) is 14.2 Å². The maximum absolute atomic E-state index is 9.56. The average molecular weight is 295 g/mol. The molecular weight excluding hydrogens is 286 g/mol. The Morgan fingerprint density at radius 2 is 2.08 bits per heavy atom. The Hall–Kier alpha value is 0.0400. The summed E-state index contributed by atoms with van der Waals surface area (Å²) in [6.45, 7) is 0. The van der Waals surface area contributed by atoms with Crippen molar-refractivity contribution in [1.82, 2.24) is 0 Å². The number of aromatic hydroxyl groups is 1. The Kier molecular flexibility index (Phi) is 2.21. The summed E-state index contributed by atoms with van der Waals surface area (Å²) in [5, 5.41) is 10.3. The lowest BCUT2D eigenvalue weighted by molar-refractivity contribution is 0.468. The fourth-order valence-electron chi connectivity index (χ4n) is 1.27. The summed E-state index contributed by atoms with van der Waals surface area (Å²) in [4.78, 5) is 0. The number of hydrogen-bond donors (Lipinski definition) is 1. The Morgan fingerprint density at radius 1 is 1.42 bits per heavy atom. The van der Waals surface area contributed by atoms with Crippen LogP contribution < -0.4 is 0 Å². The Labute approximate surface area is 89.9 Å². The summed E-state index contributed by atoms with van der Waals surface area (Å²) >= 11 is 8.06. The van der Waals surface area contributed by atoms with Gasteiger partial charge in [-0.2, -0.15) is 0 Å². The van der Waals surface area contributed by atoms with Crippen molar-refractivity contribution < 1.29 is 5.11 Å². The first-order valence-electron chi connectivity index (χ1n) is 3.86. The fraction of sp³-hybridized carbons (Fsp3) is 0.333. The highest BCUT2D eigenvalue weighted by Gasteiger charge is 2.26. The SMILES string of the molecule is Oc1cc(I)c(Cl)cc1C1CC1. The minimum absolute atomic E-state index is 0.395. The van der Waals surface area contributed by atoms with Crippen molar-refractivity contribution in [1.29, 1.82) is 0 Å². The van der Waals surface area contributed by atoms with Gasteiger partial charge in [0.25, 0.3) is 0 Å². The van der Waals surface area contributed by atoms with Gasteiger partial charge in [0, 0.05) is 3.57 Å². The summed E-state index contributed by atoms with van der Waals surface area (Å²) in [5.41, 5.74) is 1.01. The van der Waals surface area contributed by atoms with Crippen LogP contribution in [-0.4, -0.2) is 5.11 Å². The molecule has 1 nitrogen and oxygen atoms in total. The smallest absolute Gasteiger partial charge is 0.120 e. The van der Waals surface area contributed by atoms with Gasteiger partial charge in [-0.05, 0) is 59.0 Å². The van der Waals surface area contributed by atoms with Crippen LogP contribution in [0.4, 0.5) is 0 Å². The molecule has 0 heterocycles. The molecule has 1 saturated carbocycles. The molecule has 0 bridgehead atoms. The molecule has 12 heavy (non-hydrogen) atoms. The van der Waals surface area contributed by atoms with Crippen molar-refractivity contribution >= 4 is 34.2 Å². The molecular formula is C9H8ClIO. The maximum atomic E-state index is 9.56. The summed E-state index contributed by atoms with van der Waals surface area (Å²) < 4.78 is 0.913. The molecule has 0 spiro atoms. The van der Waals surface area contributed by atoms with E-state index in [1.165, 1.54) is 12.8 Å². The summed E-state index contributed by atoms with van der Waals surface area (Å²) in [5.74, 6) is 0.950. The zero-order valence-corrected chi connectivity index (χ0v) is 9.26. The molecule has 0 radical (unpaired) electrons. The predicted octanol–water partition coefficient (Wildman–Crippen LogP) is 3.53. The van der Waals surface area contributed by atoms with Crippen LogP contribution in [0, 0.1) is 3.57 Å². The first-order chi connectivity index (χ1) is 5.68. The largest absolute Gasteiger partial charge is 0.508 e. The molecule has 64 valence electrons. The van der Waals surface area contributed by atoms with Crippen LogP contribution >= 0.6 is 34.2 Å². The zero-order chi connectivity index (χ0) is 8.72. The third-order valence-electron chi connectivity index (χ3n) is 2.09. The standard InChI is InChI=1S/C9H8ClIO/c10-7-3-6(5-1-2-5)9(12)4-8(7)11/h3-5,12H,1-2H2. The van der Waals surface area contributed by atoms with Gasteiger partial charge in [-0.3, -0.25) is 0 Å². The zero-order valence-electron chi connectivity index (χ0n) is 6.35. The van der Waals surface area contributed by atoms with Crippen LogP contribution in [-0.2, 0) is 0 Å². The lowest BCUT2D eigenvalue weighted by Gasteiger charge is -2.04. The van der Waals surface area contributed by atoms with E-state index in [1.54, 1.807) is 6.07 Å². The molecule has 0 amide bonds. The van der Waals surface area contributed by atoms with Crippen molar-refractivity contribution in [3.8, 4) is 5.75 Å². The molecule has 3 heteroatoms. The number of halogens is 2. The molecule has 1 fully saturated rings. The predicted molar refractivity (Wildman–Crippen MR) is 57.8 cm³/mol. The number of rotatable bonds is 1. The van der Waals surface area contributed by atoms with E-state index in [4.69, 9.17) is 11.6 Å². The second kappa shape index (κ2) is 3.07. The summed E-state index contributed by atoms with van der Waals surface area (Å²) in [6.07, 6.45) is 2.37. The third kappa shape index (κ3) is 1.55. The average Bonchev–Trinajstić information content (AvgIpc) is 2.79. The van der Waals surface area contributed by atoms with Gasteiger partial charge in [0.2, 0.25) is 0 Å². The van der Waals surface area contributed by atoms with Crippen LogP contribution in [0.2, 0.25) is 5.02 Å². The van der Waals surface area contributed by atoms with E-state index in [1.807, 2.05) is 6.07 Å². The Balaban J connectivity index is 2.47. The normalized spacial score (nSPS) is 16.5. The highest BCUT2D eigenvalue weighted by Crippen LogP contribution is 2.45. The molecule has 0 saturated heterocycles. The van der Waals surface area contributed by atoms with Crippen LogP contribution in [0.1, 0.15) is 24.3 Å². The molecule has 0 aromatic heterocycles. The monoisotopic (exact) mass is 294 g/mol. The quantitative estimate of drug-likeness (QED) is 0.786. The van der Waals surface area contributed by atoms with E-state index in [-0.39, 0.29) is 0 Å². The second-order valence-corrected chi connectivity index (χ2v) is 4.67. The molecule has 1 aliphatic carbocycles. The lowest BCUT2D eigenvalue weighted by Crippen LogP contribution is -1.83. The number of phenolic OH excluding ortho intramolecular Hbond substituents is 1. The summed E-state index contributed by atoms with van der Waals surface area (Å²) in [6, 6.07) is 3.62. The van der Waals surface area contributed by atoms with Crippen LogP contribution in [0.15, 0.2) is 12.1 Å². The number of hydrogen-bond acceptors (Lipinski definition) is 1. The second-order valence-electron chi connectivity index (χ2n) is 3.10. The maximum Gasteiger partial charge on any atom is 0.120 e. The van der Waals surface area contributed by atoms with Crippen LogP contribution in [0.3, 0.4) is 0 Å². The summed E-state index contributed by atoms with van der Waals surface area (Å²) in [7, 11) is 0. The van der Waals surface area contributed by atoms with Gasteiger partial charge in [-0.15, -0.1) is 0 Å². The minimum atomic E-state index is 0.395. The first-order valence-corrected chi connectivity index (χ1v) is 5.32. The van der Waals surface area contributed by atoms with Crippen LogP contribution in [0.25, 0.3) is 0 Å². The molecule has 1 N–H and O–H groups in total.